The molecule has 1 fully saturated rings. The molecule has 0 saturated carbocycles. The van der Waals surface area contributed by atoms with E-state index in [4.69, 9.17) is 23.7 Å². The summed E-state index contributed by atoms with van der Waals surface area (Å²) in [6, 6.07) is 21.3. The lowest BCUT2D eigenvalue weighted by atomic mass is 9.84. The summed E-state index contributed by atoms with van der Waals surface area (Å²) >= 11 is 3.66. The number of methoxy groups -OCH3 is 2. The normalized spacial score (nSPS) is 20.8. The molecular formula is C38H51BrN2O7S. The van der Waals surface area contributed by atoms with Crippen molar-refractivity contribution in [1.82, 2.24) is 5.32 Å². The second kappa shape index (κ2) is 18.1. The molecule has 9 nitrogen and oxygen atoms in total. The van der Waals surface area contributed by atoms with Crippen LogP contribution in [0.15, 0.2) is 71.6 Å². The summed E-state index contributed by atoms with van der Waals surface area (Å²) in [6.07, 6.45) is 1.25. The third-order valence-corrected chi connectivity index (χ3v) is 11.9. The molecule has 0 spiro atoms. The summed E-state index contributed by atoms with van der Waals surface area (Å²) in [7, 11) is -0.550. The highest BCUT2D eigenvalue weighted by molar-refractivity contribution is 9.09. The molecule has 1 saturated heterocycles. The van der Waals surface area contributed by atoms with E-state index in [0.29, 0.717) is 57.6 Å². The SMILES string of the molecule is COCCCN1CCOc2ccc(C(O[C@H]3CN[C@H](CBr)C[C@@H]3c3ccc(COCC(C)COC)cc3)S(=O)(=O)c3ccc(C)cc3)cc21. The van der Waals surface area contributed by atoms with Crippen molar-refractivity contribution in [2.24, 2.45) is 5.92 Å². The summed E-state index contributed by atoms with van der Waals surface area (Å²) in [5.41, 5.74) is 3.42. The zero-order chi connectivity index (χ0) is 34.8. The number of sulfone groups is 1. The third-order valence-electron chi connectivity index (χ3n) is 9.23. The van der Waals surface area contributed by atoms with Crippen LogP contribution in [0.4, 0.5) is 5.69 Å². The molecule has 0 aromatic heterocycles. The molecule has 0 bridgehead atoms. The molecule has 0 radical (unpaired) electrons. The first-order valence-corrected chi connectivity index (χ1v) is 19.8. The number of halogens is 1. The highest BCUT2D eigenvalue weighted by Crippen LogP contribution is 2.41. The molecule has 1 N–H and O–H groups in total. The quantitative estimate of drug-likeness (QED) is 0.124. The monoisotopic (exact) mass is 758 g/mol. The number of rotatable bonds is 17. The molecule has 2 unspecified atom stereocenters. The fraction of sp³-hybridized carbons (Fsp3) is 0.526. The van der Waals surface area contributed by atoms with Gasteiger partial charge in [0.05, 0.1) is 43.1 Å². The molecular weight excluding hydrogens is 708 g/mol. The minimum absolute atomic E-state index is 0.0253. The third kappa shape index (κ3) is 9.84. The van der Waals surface area contributed by atoms with E-state index < -0.39 is 21.4 Å². The molecule has 5 atom stereocenters. The van der Waals surface area contributed by atoms with Crippen molar-refractivity contribution in [3.8, 4) is 5.75 Å². The van der Waals surface area contributed by atoms with E-state index in [1.165, 1.54) is 0 Å². The molecule has 268 valence electrons. The van der Waals surface area contributed by atoms with Gasteiger partial charge < -0.3 is 33.9 Å². The Morgan fingerprint density at radius 3 is 2.51 bits per heavy atom. The second-order valence-electron chi connectivity index (χ2n) is 13.2. The van der Waals surface area contributed by atoms with Crippen molar-refractivity contribution in [2.45, 2.75) is 61.7 Å². The van der Waals surface area contributed by atoms with Gasteiger partial charge in [0.2, 0.25) is 9.84 Å². The number of piperidine rings is 1. The largest absolute Gasteiger partial charge is 0.490 e. The topological polar surface area (TPSA) is 95.6 Å². The fourth-order valence-corrected chi connectivity index (χ4v) is 8.61. The van der Waals surface area contributed by atoms with Gasteiger partial charge in [-0.05, 0) is 60.7 Å². The molecule has 3 aromatic carbocycles. The fourth-order valence-electron chi connectivity index (χ4n) is 6.56. The molecule has 5 rings (SSSR count). The highest BCUT2D eigenvalue weighted by atomic mass is 79.9. The zero-order valence-electron chi connectivity index (χ0n) is 29.1. The van der Waals surface area contributed by atoms with Crippen LogP contribution in [0.25, 0.3) is 0 Å². The van der Waals surface area contributed by atoms with Crippen molar-refractivity contribution < 1.29 is 32.1 Å². The molecule has 2 heterocycles. The zero-order valence-corrected chi connectivity index (χ0v) is 31.5. The van der Waals surface area contributed by atoms with E-state index in [0.717, 1.165) is 52.8 Å². The standard InChI is InChI=1S/C38H51BrN2O7S/c1-27-6-13-33(14-7-27)49(42,43)38(31-12-15-36-35(20-31)41(17-19-47-36)16-5-18-44-3)48-37-23-40-32(22-39)21-34(37)30-10-8-29(9-11-30)26-46-25-28(2)24-45-4/h6-15,20,28,32,34,37-38,40H,5,16-19,21-26H2,1-4H3/t28?,32-,34+,37-,38?/m0/s1. The van der Waals surface area contributed by atoms with Crippen LogP contribution in [-0.4, -0.2) is 86.2 Å². The molecule has 2 aliphatic rings. The van der Waals surface area contributed by atoms with Gasteiger partial charge >= 0.3 is 0 Å². The Hall–Kier alpha value is -2.51. The number of benzene rings is 3. The van der Waals surface area contributed by atoms with Crippen molar-refractivity contribution >= 4 is 31.5 Å². The molecule has 11 heteroatoms. The Morgan fingerprint density at radius 2 is 1.80 bits per heavy atom. The maximum absolute atomic E-state index is 14.5. The van der Waals surface area contributed by atoms with Crippen molar-refractivity contribution in [2.75, 3.05) is 70.5 Å². The predicted octanol–water partition coefficient (Wildman–Crippen LogP) is 6.43. The van der Waals surface area contributed by atoms with Gasteiger partial charge in [0.25, 0.3) is 0 Å². The van der Waals surface area contributed by atoms with Crippen molar-refractivity contribution in [3.63, 3.8) is 0 Å². The summed E-state index contributed by atoms with van der Waals surface area (Å²) in [4.78, 5) is 2.48. The number of nitrogens with zero attached hydrogens (tertiary/aromatic N) is 1. The van der Waals surface area contributed by atoms with Crippen LogP contribution in [0.1, 0.15) is 53.4 Å². The van der Waals surface area contributed by atoms with E-state index in [2.05, 4.69) is 57.3 Å². The Morgan fingerprint density at radius 1 is 1.02 bits per heavy atom. The van der Waals surface area contributed by atoms with Crippen LogP contribution in [0.2, 0.25) is 0 Å². The van der Waals surface area contributed by atoms with Gasteiger partial charge in [-0.3, -0.25) is 0 Å². The number of alkyl halides is 1. The minimum Gasteiger partial charge on any atom is -0.490 e. The van der Waals surface area contributed by atoms with Crippen molar-refractivity contribution in [1.29, 1.82) is 0 Å². The first-order valence-electron chi connectivity index (χ1n) is 17.1. The highest BCUT2D eigenvalue weighted by Gasteiger charge is 2.39. The summed E-state index contributed by atoms with van der Waals surface area (Å²) in [5.74, 6) is 1.04. The van der Waals surface area contributed by atoms with E-state index in [-0.39, 0.29) is 16.9 Å². The van der Waals surface area contributed by atoms with Gasteiger partial charge in [-0.1, -0.05) is 70.9 Å². The molecule has 0 amide bonds. The van der Waals surface area contributed by atoms with E-state index in [1.807, 2.05) is 37.3 Å². The van der Waals surface area contributed by atoms with Crippen LogP contribution < -0.4 is 15.0 Å². The number of ether oxygens (including phenoxy) is 5. The summed E-state index contributed by atoms with van der Waals surface area (Å²) in [5, 5.41) is 4.37. The molecule has 2 aliphatic heterocycles. The number of anilines is 1. The molecule has 3 aromatic rings. The summed E-state index contributed by atoms with van der Waals surface area (Å²) < 4.78 is 58.4. The van der Waals surface area contributed by atoms with Gasteiger partial charge in [-0.25, -0.2) is 8.42 Å². The number of fused-ring (bicyclic) bond motifs is 1. The first kappa shape index (κ1) is 37.7. The van der Waals surface area contributed by atoms with Gasteiger partial charge in [0, 0.05) is 57.1 Å². The van der Waals surface area contributed by atoms with Crippen LogP contribution in [0, 0.1) is 12.8 Å². The van der Waals surface area contributed by atoms with E-state index >= 15 is 0 Å². The second-order valence-corrected chi connectivity index (χ2v) is 15.8. The first-order chi connectivity index (χ1) is 23.7. The van der Waals surface area contributed by atoms with Crippen LogP contribution >= 0.6 is 15.9 Å². The maximum Gasteiger partial charge on any atom is 0.209 e. The van der Waals surface area contributed by atoms with Crippen LogP contribution in [0.5, 0.6) is 5.75 Å². The van der Waals surface area contributed by atoms with Crippen LogP contribution in [0.3, 0.4) is 0 Å². The minimum atomic E-state index is -3.95. The number of hydrogen-bond acceptors (Lipinski definition) is 9. The Balaban J connectivity index is 1.45. The average molecular weight is 760 g/mol. The number of aryl methyl sites for hydroxylation is 1. The van der Waals surface area contributed by atoms with E-state index in [9.17, 15) is 8.42 Å². The van der Waals surface area contributed by atoms with Gasteiger partial charge in [0.15, 0.2) is 5.44 Å². The lowest BCUT2D eigenvalue weighted by Crippen LogP contribution is -2.48. The van der Waals surface area contributed by atoms with Crippen LogP contribution in [-0.2, 0) is 35.4 Å². The molecule has 49 heavy (non-hydrogen) atoms. The average Bonchev–Trinajstić information content (AvgIpc) is 3.11. The molecule has 0 aliphatic carbocycles. The lowest BCUT2D eigenvalue weighted by Gasteiger charge is -2.39. The number of hydrogen-bond donors (Lipinski definition) is 1. The Labute approximate surface area is 300 Å². The summed E-state index contributed by atoms with van der Waals surface area (Å²) in [6.45, 7) is 9.09. The lowest BCUT2D eigenvalue weighted by molar-refractivity contribution is -0.00451. The Kier molecular flexibility index (Phi) is 14.0. The van der Waals surface area contributed by atoms with Crippen molar-refractivity contribution in [3.05, 3.63) is 89.0 Å². The van der Waals surface area contributed by atoms with Gasteiger partial charge in [0.1, 0.15) is 12.4 Å². The smallest absolute Gasteiger partial charge is 0.209 e. The predicted molar refractivity (Wildman–Crippen MR) is 197 cm³/mol. The Bertz CT molecular complexity index is 1570. The number of nitrogens with one attached hydrogen (secondary N) is 1. The van der Waals surface area contributed by atoms with Gasteiger partial charge in [-0.2, -0.15) is 0 Å². The van der Waals surface area contributed by atoms with E-state index in [1.54, 1.807) is 26.4 Å². The van der Waals surface area contributed by atoms with Gasteiger partial charge in [-0.15, -0.1) is 0 Å². The maximum atomic E-state index is 14.5.